The van der Waals surface area contributed by atoms with Crippen molar-refractivity contribution in [1.82, 2.24) is 9.97 Å². The van der Waals surface area contributed by atoms with Crippen LogP contribution in [0.5, 0.6) is 0 Å². The van der Waals surface area contributed by atoms with E-state index in [1.54, 1.807) is 24.3 Å². The molecule has 0 spiro atoms. The summed E-state index contributed by atoms with van der Waals surface area (Å²) in [4.78, 5) is 32.7. The quantitative estimate of drug-likeness (QED) is 0.310. The maximum Gasteiger partial charge on any atom is 0.252 e. The van der Waals surface area contributed by atoms with E-state index in [1.807, 2.05) is 0 Å². The van der Waals surface area contributed by atoms with Crippen molar-refractivity contribution in [1.29, 1.82) is 0 Å². The summed E-state index contributed by atoms with van der Waals surface area (Å²) >= 11 is 26.8. The molecule has 4 aromatic rings. The second kappa shape index (κ2) is 9.41. The molecule has 2 aromatic heterocycles. The summed E-state index contributed by atoms with van der Waals surface area (Å²) in [5.74, 6) is -0.949. The molecule has 2 amide bonds. The van der Waals surface area contributed by atoms with Crippen LogP contribution in [0.15, 0.2) is 24.3 Å². The Morgan fingerprint density at radius 2 is 1.13 bits per heavy atom. The van der Waals surface area contributed by atoms with Gasteiger partial charge in [0.15, 0.2) is 10.3 Å². The lowest BCUT2D eigenvalue weighted by Crippen LogP contribution is -2.23. The normalized spacial score (nSPS) is 11.2. The van der Waals surface area contributed by atoms with Gasteiger partial charge in [0.1, 0.15) is 24.2 Å². The van der Waals surface area contributed by atoms with Crippen LogP contribution in [0.3, 0.4) is 0 Å². The largest absolute Gasteiger partial charge is 0.362 e. The molecule has 0 atom stereocenters. The molecular weight excluding hydrogens is 526 g/mol. The molecule has 0 saturated carbocycles. The van der Waals surface area contributed by atoms with Gasteiger partial charge in [0, 0.05) is 0 Å². The molecule has 0 unspecified atom stereocenters. The predicted molar refractivity (Wildman–Crippen MR) is 127 cm³/mol. The topological polar surface area (TPSA) is 93.2 Å². The SMILES string of the molecule is O=C(COCC(=O)Nc1nc2c(Cl)ccc(Cl)c2s1)Nc1nc2c(Cl)ccc(Cl)c2s1. The van der Waals surface area contributed by atoms with Crippen molar-refractivity contribution in [3.63, 3.8) is 0 Å². The van der Waals surface area contributed by atoms with Crippen molar-refractivity contribution in [3.05, 3.63) is 44.4 Å². The van der Waals surface area contributed by atoms with Crippen LogP contribution in [0.1, 0.15) is 0 Å². The summed E-state index contributed by atoms with van der Waals surface area (Å²) in [5, 5.41) is 7.68. The number of nitrogens with zero attached hydrogens (tertiary/aromatic N) is 2. The predicted octanol–water partition coefficient (Wildman–Crippen LogP) is 6.11. The molecule has 0 bridgehead atoms. The Morgan fingerprint density at radius 1 is 0.742 bits per heavy atom. The van der Waals surface area contributed by atoms with Gasteiger partial charge < -0.3 is 4.74 Å². The number of thiazole rings is 2. The van der Waals surface area contributed by atoms with Crippen molar-refractivity contribution in [2.24, 2.45) is 0 Å². The summed E-state index contributed by atoms with van der Waals surface area (Å²) in [6.07, 6.45) is 0. The highest BCUT2D eigenvalue weighted by molar-refractivity contribution is 7.23. The Morgan fingerprint density at radius 3 is 1.52 bits per heavy atom. The minimum absolute atomic E-state index is 0.325. The molecule has 0 aliphatic heterocycles. The lowest BCUT2D eigenvalue weighted by atomic mass is 10.3. The fraction of sp³-hybridized carbons (Fsp3) is 0.111. The molecule has 0 radical (unpaired) electrons. The maximum absolute atomic E-state index is 12.1. The van der Waals surface area contributed by atoms with Gasteiger partial charge in [0.05, 0.1) is 29.5 Å². The molecule has 0 saturated heterocycles. The van der Waals surface area contributed by atoms with Crippen LogP contribution in [0, 0.1) is 0 Å². The first kappa shape index (κ1) is 22.5. The number of ether oxygens (including phenoxy) is 1. The molecular formula is C18H10Cl4N4O3S2. The van der Waals surface area contributed by atoms with E-state index in [-0.39, 0.29) is 13.2 Å². The molecule has 0 fully saturated rings. The van der Waals surface area contributed by atoms with Crippen LogP contribution < -0.4 is 10.6 Å². The average molecular weight is 536 g/mol. The van der Waals surface area contributed by atoms with Gasteiger partial charge in [-0.2, -0.15) is 0 Å². The van der Waals surface area contributed by atoms with Crippen molar-refractivity contribution in [2.45, 2.75) is 0 Å². The van der Waals surface area contributed by atoms with Gasteiger partial charge in [-0.25, -0.2) is 9.97 Å². The molecule has 13 heteroatoms. The van der Waals surface area contributed by atoms with Crippen LogP contribution in [0.25, 0.3) is 20.4 Å². The highest BCUT2D eigenvalue weighted by atomic mass is 35.5. The van der Waals surface area contributed by atoms with Crippen LogP contribution in [-0.2, 0) is 14.3 Å². The molecule has 31 heavy (non-hydrogen) atoms. The summed E-state index contributed by atoms with van der Waals surface area (Å²) in [7, 11) is 0. The lowest BCUT2D eigenvalue weighted by molar-refractivity contribution is -0.125. The zero-order chi connectivity index (χ0) is 22.1. The lowest BCUT2D eigenvalue weighted by Gasteiger charge is -2.04. The van der Waals surface area contributed by atoms with E-state index < -0.39 is 11.8 Å². The van der Waals surface area contributed by atoms with E-state index in [0.29, 0.717) is 50.8 Å². The average Bonchev–Trinajstić information content (AvgIpc) is 3.33. The fourth-order valence-electron chi connectivity index (χ4n) is 2.54. The molecule has 2 aromatic carbocycles. The number of halogens is 4. The Hall–Kier alpha value is -1.72. The first-order valence-electron chi connectivity index (χ1n) is 8.48. The van der Waals surface area contributed by atoms with Crippen molar-refractivity contribution in [3.8, 4) is 0 Å². The number of nitrogens with one attached hydrogen (secondary N) is 2. The molecule has 2 heterocycles. The highest BCUT2D eigenvalue weighted by Crippen LogP contribution is 2.37. The van der Waals surface area contributed by atoms with Crippen LogP contribution in [-0.4, -0.2) is 35.0 Å². The number of amides is 2. The van der Waals surface area contributed by atoms with Crippen molar-refractivity contribution >= 4 is 112 Å². The standard InChI is InChI=1S/C18H10Cl4N4O3S2/c19-7-1-3-9(21)15-13(7)25-17(30-15)23-11(27)5-29-6-12(28)24-18-26-14-8(20)2-4-10(22)16(14)31-18/h1-4H,5-6H2,(H,23,25,27)(H,24,26,28). The number of hydrogen-bond donors (Lipinski definition) is 2. The zero-order valence-electron chi connectivity index (χ0n) is 15.2. The third kappa shape index (κ3) is 5.04. The number of hydrogen-bond acceptors (Lipinski definition) is 7. The molecule has 4 rings (SSSR count). The van der Waals surface area contributed by atoms with E-state index >= 15 is 0 Å². The number of aromatic nitrogens is 2. The first-order valence-corrected chi connectivity index (χ1v) is 11.6. The summed E-state index contributed by atoms with van der Waals surface area (Å²) < 4.78 is 6.50. The fourth-order valence-corrected chi connectivity index (χ4v) is 5.42. The zero-order valence-corrected chi connectivity index (χ0v) is 19.8. The highest BCUT2D eigenvalue weighted by Gasteiger charge is 2.15. The minimum Gasteiger partial charge on any atom is -0.362 e. The minimum atomic E-state index is -0.474. The van der Waals surface area contributed by atoms with E-state index in [4.69, 9.17) is 51.1 Å². The van der Waals surface area contributed by atoms with Gasteiger partial charge in [-0.05, 0) is 24.3 Å². The van der Waals surface area contributed by atoms with Gasteiger partial charge in [-0.3, -0.25) is 20.2 Å². The summed E-state index contributed by atoms with van der Waals surface area (Å²) in [6.45, 7) is -0.690. The number of anilines is 2. The van der Waals surface area contributed by atoms with E-state index in [1.165, 1.54) is 22.7 Å². The van der Waals surface area contributed by atoms with E-state index in [2.05, 4.69) is 20.6 Å². The molecule has 160 valence electrons. The number of rotatable bonds is 6. The van der Waals surface area contributed by atoms with Crippen molar-refractivity contribution < 1.29 is 14.3 Å². The van der Waals surface area contributed by atoms with Crippen LogP contribution >= 0.6 is 69.1 Å². The number of carbonyl (C=O) groups excluding carboxylic acids is 2. The summed E-state index contributed by atoms with van der Waals surface area (Å²) in [5.41, 5.74) is 1.01. The Bertz CT molecular complexity index is 1150. The number of benzene rings is 2. The van der Waals surface area contributed by atoms with Crippen molar-refractivity contribution in [2.75, 3.05) is 23.8 Å². The second-order valence-corrected chi connectivity index (χ2v) is 9.67. The smallest absolute Gasteiger partial charge is 0.252 e. The number of fused-ring (bicyclic) bond motifs is 2. The van der Waals surface area contributed by atoms with Gasteiger partial charge in [0.2, 0.25) is 0 Å². The van der Waals surface area contributed by atoms with Crippen LogP contribution in [0.2, 0.25) is 20.1 Å². The van der Waals surface area contributed by atoms with E-state index in [0.717, 1.165) is 0 Å². The van der Waals surface area contributed by atoms with Gasteiger partial charge >= 0.3 is 0 Å². The Balaban J connectivity index is 1.30. The first-order chi connectivity index (χ1) is 14.8. The molecule has 0 aliphatic rings. The number of carbonyl (C=O) groups is 2. The third-order valence-corrected chi connectivity index (χ3v) is 7.32. The van der Waals surface area contributed by atoms with Gasteiger partial charge in [-0.15, -0.1) is 0 Å². The van der Waals surface area contributed by atoms with E-state index in [9.17, 15) is 9.59 Å². The maximum atomic E-state index is 12.1. The molecule has 2 N–H and O–H groups in total. The Labute approximate surface area is 203 Å². The molecule has 7 nitrogen and oxygen atoms in total. The van der Waals surface area contributed by atoms with Crippen LogP contribution in [0.4, 0.5) is 10.3 Å². The second-order valence-electron chi connectivity index (χ2n) is 6.04. The third-order valence-electron chi connectivity index (χ3n) is 3.85. The van der Waals surface area contributed by atoms with Gasteiger partial charge in [0.25, 0.3) is 11.8 Å². The summed E-state index contributed by atoms with van der Waals surface area (Å²) in [6, 6.07) is 6.58. The van der Waals surface area contributed by atoms with Gasteiger partial charge in [-0.1, -0.05) is 69.1 Å². The molecule has 0 aliphatic carbocycles. The monoisotopic (exact) mass is 534 g/mol. The Kier molecular flexibility index (Phi) is 6.83.